The van der Waals surface area contributed by atoms with E-state index in [0.717, 1.165) is 19.4 Å². The maximum atomic E-state index is 5.61. The maximum Gasteiger partial charge on any atom is 0.0449 e. The number of nitrogens with two attached hydrogens (primary N) is 1. The first-order chi connectivity index (χ1) is 11.8. The summed E-state index contributed by atoms with van der Waals surface area (Å²) in [4.78, 5) is 9.58. The largest absolute Gasteiger partial charge is 0.330 e. The maximum absolute atomic E-state index is 5.61. The highest BCUT2D eigenvalue weighted by Crippen LogP contribution is 2.42. The van der Waals surface area contributed by atoms with Crippen LogP contribution >= 0.6 is 45.3 Å². The van der Waals surface area contributed by atoms with Gasteiger partial charge in [-0.1, -0.05) is 6.07 Å². The SMILES string of the molecule is NCCCc1ccc(-c2ccc(-c3ccc(-c4cccs4)s3)s2)s1. The molecule has 5 heteroatoms. The smallest absolute Gasteiger partial charge is 0.0449 e. The summed E-state index contributed by atoms with van der Waals surface area (Å²) >= 11 is 7.47. The normalized spacial score (nSPS) is 11.2. The van der Waals surface area contributed by atoms with Gasteiger partial charge in [-0.2, -0.15) is 0 Å². The number of thiophene rings is 4. The molecule has 0 saturated carbocycles. The van der Waals surface area contributed by atoms with E-state index in [1.165, 1.54) is 34.1 Å². The Labute approximate surface area is 158 Å². The predicted octanol–water partition coefficient (Wildman–Crippen LogP) is 6.82. The average Bonchev–Trinajstić information content (AvgIpc) is 3.40. The van der Waals surface area contributed by atoms with E-state index < -0.39 is 0 Å². The highest BCUT2D eigenvalue weighted by molar-refractivity contribution is 7.28. The lowest BCUT2D eigenvalue weighted by molar-refractivity contribution is 0.843. The molecule has 24 heavy (non-hydrogen) atoms. The minimum absolute atomic E-state index is 0.765. The van der Waals surface area contributed by atoms with Gasteiger partial charge in [0, 0.05) is 34.1 Å². The van der Waals surface area contributed by atoms with Crippen molar-refractivity contribution in [3.8, 4) is 29.3 Å². The molecule has 0 aliphatic rings. The second-order valence-corrected chi connectivity index (χ2v) is 9.75. The molecule has 2 N–H and O–H groups in total. The molecule has 4 heterocycles. The number of hydrogen-bond acceptors (Lipinski definition) is 5. The van der Waals surface area contributed by atoms with Crippen LogP contribution in [0.4, 0.5) is 0 Å². The molecule has 0 aliphatic carbocycles. The van der Waals surface area contributed by atoms with Gasteiger partial charge in [-0.05, 0) is 67.2 Å². The van der Waals surface area contributed by atoms with Crippen LogP contribution in [0.15, 0.2) is 53.9 Å². The lowest BCUT2D eigenvalue weighted by Crippen LogP contribution is -1.98. The summed E-state index contributed by atoms with van der Waals surface area (Å²) in [6, 6.07) is 17.8. The molecule has 0 aliphatic heterocycles. The third kappa shape index (κ3) is 3.41. The first-order valence-electron chi connectivity index (χ1n) is 7.86. The first kappa shape index (κ1) is 16.2. The van der Waals surface area contributed by atoms with Crippen LogP contribution < -0.4 is 5.73 Å². The molecule has 0 fully saturated rings. The minimum Gasteiger partial charge on any atom is -0.330 e. The number of rotatable bonds is 6. The molecular weight excluding hydrogens is 370 g/mol. The van der Waals surface area contributed by atoms with E-state index >= 15 is 0 Å². The topological polar surface area (TPSA) is 26.0 Å². The molecule has 4 rings (SSSR count). The fraction of sp³-hybridized carbons (Fsp3) is 0.158. The van der Waals surface area contributed by atoms with Crippen molar-refractivity contribution in [1.29, 1.82) is 0 Å². The van der Waals surface area contributed by atoms with Gasteiger partial charge in [0.15, 0.2) is 0 Å². The molecule has 0 spiro atoms. The molecular formula is C19H17NS4. The van der Waals surface area contributed by atoms with Crippen molar-refractivity contribution in [2.45, 2.75) is 12.8 Å². The third-order valence-corrected chi connectivity index (χ3v) is 8.52. The Kier molecular flexibility index (Phi) is 4.96. The summed E-state index contributed by atoms with van der Waals surface area (Å²) in [6.45, 7) is 0.765. The molecule has 0 saturated heterocycles. The fourth-order valence-electron chi connectivity index (χ4n) is 2.55. The summed E-state index contributed by atoms with van der Waals surface area (Å²) in [5.74, 6) is 0. The Hall–Kier alpha value is -1.24. The van der Waals surface area contributed by atoms with Crippen LogP contribution in [0.25, 0.3) is 29.3 Å². The molecule has 0 radical (unpaired) electrons. The average molecular weight is 388 g/mol. The third-order valence-electron chi connectivity index (χ3n) is 3.75. The van der Waals surface area contributed by atoms with Crippen molar-refractivity contribution in [3.05, 3.63) is 58.8 Å². The summed E-state index contributed by atoms with van der Waals surface area (Å²) in [7, 11) is 0. The van der Waals surface area contributed by atoms with Crippen molar-refractivity contribution in [3.63, 3.8) is 0 Å². The van der Waals surface area contributed by atoms with Crippen LogP contribution in [0.1, 0.15) is 11.3 Å². The van der Waals surface area contributed by atoms with Crippen LogP contribution in [0.5, 0.6) is 0 Å². The van der Waals surface area contributed by atoms with Crippen molar-refractivity contribution < 1.29 is 0 Å². The van der Waals surface area contributed by atoms with Crippen LogP contribution in [-0.2, 0) is 6.42 Å². The summed E-state index contributed by atoms with van der Waals surface area (Å²) in [5.41, 5.74) is 5.61. The molecule has 0 unspecified atom stereocenters. The summed E-state index contributed by atoms with van der Waals surface area (Å²) < 4.78 is 0. The summed E-state index contributed by atoms with van der Waals surface area (Å²) in [5, 5.41) is 2.14. The van der Waals surface area contributed by atoms with E-state index in [4.69, 9.17) is 5.73 Å². The highest BCUT2D eigenvalue weighted by atomic mass is 32.1. The Morgan fingerprint density at radius 3 is 1.83 bits per heavy atom. The van der Waals surface area contributed by atoms with Gasteiger partial charge in [0.25, 0.3) is 0 Å². The fourth-order valence-corrected chi connectivity index (χ4v) is 6.62. The molecule has 0 amide bonds. The monoisotopic (exact) mass is 387 g/mol. The first-order valence-corrected chi connectivity index (χ1v) is 11.2. The van der Waals surface area contributed by atoms with E-state index in [2.05, 4.69) is 53.9 Å². The van der Waals surface area contributed by atoms with Crippen LogP contribution in [0.2, 0.25) is 0 Å². The Morgan fingerprint density at radius 1 is 0.667 bits per heavy atom. The molecule has 122 valence electrons. The van der Waals surface area contributed by atoms with E-state index in [-0.39, 0.29) is 0 Å². The predicted molar refractivity (Wildman–Crippen MR) is 112 cm³/mol. The lowest BCUT2D eigenvalue weighted by atomic mass is 10.2. The lowest BCUT2D eigenvalue weighted by Gasteiger charge is -1.93. The van der Waals surface area contributed by atoms with E-state index in [0.29, 0.717) is 0 Å². The second kappa shape index (κ2) is 7.33. The Bertz CT molecular complexity index is 911. The van der Waals surface area contributed by atoms with Gasteiger partial charge in [0.1, 0.15) is 0 Å². The molecule has 0 aromatic carbocycles. The van der Waals surface area contributed by atoms with Gasteiger partial charge in [0.2, 0.25) is 0 Å². The standard InChI is InChI=1S/C19H17NS4/c20-11-1-3-13-5-6-16(22-13)17-9-10-19(24-17)18-8-7-15(23-18)14-4-2-12-21-14/h2,4-10,12H,1,3,11,20H2. The van der Waals surface area contributed by atoms with Crippen LogP contribution in [0, 0.1) is 0 Å². The molecule has 1 nitrogen and oxygen atoms in total. The van der Waals surface area contributed by atoms with Crippen molar-refractivity contribution >= 4 is 45.3 Å². The van der Waals surface area contributed by atoms with Gasteiger partial charge in [-0.15, -0.1) is 45.3 Å². The summed E-state index contributed by atoms with van der Waals surface area (Å²) in [6.07, 6.45) is 2.16. The van der Waals surface area contributed by atoms with Gasteiger partial charge in [-0.3, -0.25) is 0 Å². The van der Waals surface area contributed by atoms with E-state index in [9.17, 15) is 0 Å². The Morgan fingerprint density at radius 2 is 1.25 bits per heavy atom. The van der Waals surface area contributed by atoms with Gasteiger partial charge in [0.05, 0.1) is 0 Å². The van der Waals surface area contributed by atoms with E-state index in [1.54, 1.807) is 11.3 Å². The zero-order valence-corrected chi connectivity index (χ0v) is 16.3. The van der Waals surface area contributed by atoms with Gasteiger partial charge < -0.3 is 5.73 Å². The molecule has 0 atom stereocenters. The zero-order valence-electron chi connectivity index (χ0n) is 13.0. The van der Waals surface area contributed by atoms with Gasteiger partial charge >= 0.3 is 0 Å². The van der Waals surface area contributed by atoms with Crippen molar-refractivity contribution in [1.82, 2.24) is 0 Å². The van der Waals surface area contributed by atoms with Crippen LogP contribution in [-0.4, -0.2) is 6.54 Å². The minimum atomic E-state index is 0.765. The number of hydrogen-bond donors (Lipinski definition) is 1. The molecule has 4 aromatic heterocycles. The quantitative estimate of drug-likeness (QED) is 0.386. The van der Waals surface area contributed by atoms with Gasteiger partial charge in [-0.25, -0.2) is 0 Å². The Balaban J connectivity index is 1.55. The van der Waals surface area contributed by atoms with E-state index in [1.807, 2.05) is 34.0 Å². The van der Waals surface area contributed by atoms with Crippen LogP contribution in [0.3, 0.4) is 0 Å². The highest BCUT2D eigenvalue weighted by Gasteiger charge is 2.10. The molecule has 4 aromatic rings. The second-order valence-electron chi connectivity index (χ2n) is 5.46. The zero-order chi connectivity index (χ0) is 16.4. The molecule has 0 bridgehead atoms. The van der Waals surface area contributed by atoms with Crippen molar-refractivity contribution in [2.24, 2.45) is 5.73 Å². The number of aryl methyl sites for hydroxylation is 1. The van der Waals surface area contributed by atoms with Crippen molar-refractivity contribution in [2.75, 3.05) is 6.54 Å².